The molecule has 4 nitrogen and oxygen atoms in total. The summed E-state index contributed by atoms with van der Waals surface area (Å²) in [5.74, 6) is -1.05. The number of aromatic carboxylic acids is 1. The molecule has 0 spiro atoms. The Morgan fingerprint density at radius 3 is 2.88 bits per heavy atom. The highest BCUT2D eigenvalue weighted by atomic mass is 19.1. The van der Waals surface area contributed by atoms with Crippen LogP contribution in [0.15, 0.2) is 12.3 Å². The van der Waals surface area contributed by atoms with E-state index in [-0.39, 0.29) is 11.4 Å². The lowest BCUT2D eigenvalue weighted by Crippen LogP contribution is -2.12. The van der Waals surface area contributed by atoms with Crippen molar-refractivity contribution in [1.29, 1.82) is 0 Å². The first-order chi connectivity index (χ1) is 7.90. The van der Waals surface area contributed by atoms with Crippen molar-refractivity contribution >= 4 is 11.8 Å². The first-order valence-corrected chi connectivity index (χ1v) is 5.53. The summed E-state index contributed by atoms with van der Waals surface area (Å²) in [5.41, 5.74) is 0.194. The van der Waals surface area contributed by atoms with Crippen molar-refractivity contribution < 1.29 is 14.3 Å². The van der Waals surface area contributed by atoms with Gasteiger partial charge in [-0.2, -0.15) is 0 Å². The van der Waals surface area contributed by atoms with Gasteiger partial charge in [-0.15, -0.1) is 0 Å². The number of hydrogen-bond acceptors (Lipinski definition) is 3. The van der Waals surface area contributed by atoms with Crippen molar-refractivity contribution in [1.82, 2.24) is 4.98 Å². The quantitative estimate of drug-likeness (QED) is 0.845. The molecule has 0 aliphatic heterocycles. The van der Waals surface area contributed by atoms with Crippen LogP contribution in [0.3, 0.4) is 0 Å². The van der Waals surface area contributed by atoms with Crippen molar-refractivity contribution in [3.8, 4) is 0 Å². The van der Waals surface area contributed by atoms with Gasteiger partial charge in [0.25, 0.3) is 0 Å². The Kier molecular flexibility index (Phi) is 2.77. The molecular formula is C12H15FN2O2. The number of carbonyl (C=O) groups is 1. The van der Waals surface area contributed by atoms with Gasteiger partial charge in [0.1, 0.15) is 17.2 Å². The van der Waals surface area contributed by atoms with Gasteiger partial charge in [-0.25, -0.2) is 14.2 Å². The molecule has 0 radical (unpaired) electrons. The van der Waals surface area contributed by atoms with Crippen LogP contribution in [0.25, 0.3) is 0 Å². The van der Waals surface area contributed by atoms with Crippen molar-refractivity contribution in [3.05, 3.63) is 23.6 Å². The fourth-order valence-electron chi connectivity index (χ4n) is 1.89. The summed E-state index contributed by atoms with van der Waals surface area (Å²) in [6, 6.07) is 0.982. The van der Waals surface area contributed by atoms with E-state index in [4.69, 9.17) is 5.11 Å². The first-order valence-electron chi connectivity index (χ1n) is 5.53. The lowest BCUT2D eigenvalue weighted by molar-refractivity contribution is 0.0697. The number of pyridine rings is 1. The number of rotatable bonds is 4. The first kappa shape index (κ1) is 11.8. The molecule has 1 atom stereocenters. The molecule has 5 heteroatoms. The third-order valence-corrected chi connectivity index (χ3v) is 3.32. The minimum absolute atomic E-state index is 0.122. The second-order valence-corrected chi connectivity index (χ2v) is 5.13. The molecule has 1 saturated carbocycles. The molecule has 2 N–H and O–H groups in total. The second kappa shape index (κ2) is 3.98. The molecule has 1 unspecified atom stereocenters. The van der Waals surface area contributed by atoms with Crippen molar-refractivity contribution in [2.45, 2.75) is 20.3 Å². The largest absolute Gasteiger partial charge is 0.478 e. The summed E-state index contributed by atoms with van der Waals surface area (Å²) in [7, 11) is 0. The predicted octanol–water partition coefficient (Wildman–Crippen LogP) is 2.38. The zero-order valence-electron chi connectivity index (χ0n) is 9.83. The van der Waals surface area contributed by atoms with Crippen LogP contribution in [0.1, 0.15) is 30.6 Å². The maximum atomic E-state index is 12.9. The fourth-order valence-corrected chi connectivity index (χ4v) is 1.89. The number of halogens is 1. The van der Waals surface area contributed by atoms with E-state index < -0.39 is 11.8 Å². The van der Waals surface area contributed by atoms with E-state index in [0.717, 1.165) is 18.7 Å². The molecule has 1 aromatic heterocycles. The van der Waals surface area contributed by atoms with Gasteiger partial charge in [-0.05, 0) is 23.8 Å². The van der Waals surface area contributed by atoms with Crippen LogP contribution in [0.4, 0.5) is 10.2 Å². The van der Waals surface area contributed by atoms with Gasteiger partial charge < -0.3 is 10.4 Å². The Balaban J connectivity index is 2.08. The van der Waals surface area contributed by atoms with Crippen LogP contribution < -0.4 is 5.32 Å². The zero-order chi connectivity index (χ0) is 12.6. The number of carboxylic acid groups (broad SMARTS) is 1. The number of carboxylic acids is 1. The molecule has 0 bridgehead atoms. The number of hydrogen-bond donors (Lipinski definition) is 2. The van der Waals surface area contributed by atoms with Gasteiger partial charge in [0.2, 0.25) is 0 Å². The van der Waals surface area contributed by atoms with E-state index in [1.165, 1.54) is 0 Å². The van der Waals surface area contributed by atoms with Gasteiger partial charge in [0.05, 0.1) is 6.20 Å². The molecule has 1 aromatic rings. The molecule has 1 aliphatic carbocycles. The molecule has 0 amide bonds. The van der Waals surface area contributed by atoms with E-state index in [1.807, 2.05) is 0 Å². The number of aromatic nitrogens is 1. The Bertz CT molecular complexity index is 460. The monoisotopic (exact) mass is 238 g/mol. The Morgan fingerprint density at radius 1 is 1.71 bits per heavy atom. The molecule has 2 rings (SSSR count). The number of nitrogens with one attached hydrogen (secondary N) is 1. The molecular weight excluding hydrogens is 223 g/mol. The summed E-state index contributed by atoms with van der Waals surface area (Å²) >= 11 is 0. The van der Waals surface area contributed by atoms with Gasteiger partial charge in [-0.1, -0.05) is 13.8 Å². The average Bonchev–Trinajstić information content (AvgIpc) is 2.84. The van der Waals surface area contributed by atoms with E-state index in [1.54, 1.807) is 0 Å². The third-order valence-electron chi connectivity index (χ3n) is 3.32. The molecule has 1 aliphatic rings. The Morgan fingerprint density at radius 2 is 2.35 bits per heavy atom. The minimum atomic E-state index is -1.17. The van der Waals surface area contributed by atoms with Crippen molar-refractivity contribution in [3.63, 3.8) is 0 Å². The van der Waals surface area contributed by atoms with Crippen LogP contribution in [0, 0.1) is 17.2 Å². The summed E-state index contributed by atoms with van der Waals surface area (Å²) < 4.78 is 12.9. The molecule has 0 saturated heterocycles. The van der Waals surface area contributed by atoms with Crippen molar-refractivity contribution in [2.24, 2.45) is 11.3 Å². The average molecular weight is 238 g/mol. The van der Waals surface area contributed by atoms with Crippen LogP contribution in [0.2, 0.25) is 0 Å². The lowest BCUT2D eigenvalue weighted by atomic mass is 10.1. The molecule has 0 aromatic carbocycles. The zero-order valence-corrected chi connectivity index (χ0v) is 9.83. The normalized spacial score (nSPS) is 21.0. The SMILES string of the molecule is CC1(C)CC1CNc1ncc(F)cc1C(=O)O. The summed E-state index contributed by atoms with van der Waals surface area (Å²) in [4.78, 5) is 14.7. The summed E-state index contributed by atoms with van der Waals surface area (Å²) in [5, 5.41) is 11.9. The summed E-state index contributed by atoms with van der Waals surface area (Å²) in [6.45, 7) is 5.00. The molecule has 17 heavy (non-hydrogen) atoms. The van der Waals surface area contributed by atoms with E-state index in [9.17, 15) is 9.18 Å². The van der Waals surface area contributed by atoms with Crippen LogP contribution in [0.5, 0.6) is 0 Å². The van der Waals surface area contributed by atoms with Crippen LogP contribution in [-0.4, -0.2) is 22.6 Å². The highest BCUT2D eigenvalue weighted by Crippen LogP contribution is 2.51. The number of anilines is 1. The number of nitrogens with zero attached hydrogens (tertiary/aromatic N) is 1. The van der Waals surface area contributed by atoms with Gasteiger partial charge >= 0.3 is 5.97 Å². The minimum Gasteiger partial charge on any atom is -0.478 e. The van der Waals surface area contributed by atoms with Crippen LogP contribution >= 0.6 is 0 Å². The standard InChI is InChI=1S/C12H15FN2O2/c1-12(2)4-7(12)5-14-10-9(11(16)17)3-8(13)6-15-10/h3,6-7H,4-5H2,1-2H3,(H,14,15)(H,16,17). The molecule has 1 heterocycles. The predicted molar refractivity (Wildman–Crippen MR) is 61.5 cm³/mol. The van der Waals surface area contributed by atoms with E-state index in [2.05, 4.69) is 24.1 Å². The highest BCUT2D eigenvalue weighted by molar-refractivity contribution is 5.93. The van der Waals surface area contributed by atoms with Crippen molar-refractivity contribution in [2.75, 3.05) is 11.9 Å². The van der Waals surface area contributed by atoms with E-state index in [0.29, 0.717) is 17.9 Å². The summed E-state index contributed by atoms with van der Waals surface area (Å²) in [6.07, 6.45) is 2.14. The maximum absolute atomic E-state index is 12.9. The van der Waals surface area contributed by atoms with Crippen LogP contribution in [-0.2, 0) is 0 Å². The van der Waals surface area contributed by atoms with E-state index >= 15 is 0 Å². The topological polar surface area (TPSA) is 62.2 Å². The third kappa shape index (κ3) is 2.54. The van der Waals surface area contributed by atoms with Gasteiger partial charge in [-0.3, -0.25) is 0 Å². The van der Waals surface area contributed by atoms with Gasteiger partial charge in [0, 0.05) is 6.54 Å². The smallest absolute Gasteiger partial charge is 0.339 e. The van der Waals surface area contributed by atoms with Gasteiger partial charge in [0.15, 0.2) is 0 Å². The molecule has 92 valence electrons. The maximum Gasteiger partial charge on any atom is 0.339 e. The molecule has 1 fully saturated rings. The second-order valence-electron chi connectivity index (χ2n) is 5.13. The Hall–Kier alpha value is -1.65. The highest BCUT2D eigenvalue weighted by Gasteiger charge is 2.45. The lowest BCUT2D eigenvalue weighted by Gasteiger charge is -2.09. The Labute approximate surface area is 98.9 Å². The fraction of sp³-hybridized carbons (Fsp3) is 0.500.